The molecule has 118 valence electrons. The Balaban J connectivity index is 0.00000220. The zero-order valence-electron chi connectivity index (χ0n) is 11.9. The van der Waals surface area contributed by atoms with Gasteiger partial charge >= 0.3 is 0 Å². The summed E-state index contributed by atoms with van der Waals surface area (Å²) >= 11 is 0. The van der Waals surface area contributed by atoms with Crippen LogP contribution in [0.25, 0.3) is 0 Å². The molecule has 1 aromatic rings. The Morgan fingerprint density at radius 2 is 1.76 bits per heavy atom. The van der Waals surface area contributed by atoms with Gasteiger partial charge in [-0.15, -0.1) is 12.4 Å². The van der Waals surface area contributed by atoms with E-state index in [9.17, 15) is 13.2 Å². The third kappa shape index (κ3) is 5.18. The Morgan fingerprint density at radius 3 is 2.19 bits per heavy atom. The molecule has 0 saturated carbocycles. The second-order valence-electron chi connectivity index (χ2n) is 5.15. The number of hydrogen-bond donors (Lipinski definition) is 3. The van der Waals surface area contributed by atoms with Crippen molar-refractivity contribution in [2.24, 2.45) is 11.8 Å². The van der Waals surface area contributed by atoms with E-state index in [-0.39, 0.29) is 24.2 Å². The number of sulfonamides is 1. The third-order valence-electron chi connectivity index (χ3n) is 3.39. The van der Waals surface area contributed by atoms with Gasteiger partial charge in [-0.25, -0.2) is 8.42 Å². The van der Waals surface area contributed by atoms with E-state index >= 15 is 0 Å². The number of carbonyl (C=O) groups is 1. The van der Waals surface area contributed by atoms with Gasteiger partial charge < -0.3 is 10.6 Å². The first kappa shape index (κ1) is 17.7. The Bertz CT molecular complexity index is 585. The lowest BCUT2D eigenvalue weighted by atomic mass is 9.88. The lowest BCUT2D eigenvalue weighted by Gasteiger charge is -2.31. The van der Waals surface area contributed by atoms with Gasteiger partial charge in [-0.1, -0.05) is 6.92 Å². The minimum Gasteiger partial charge on any atom is -0.326 e. The summed E-state index contributed by atoms with van der Waals surface area (Å²) in [6.07, 6.45) is 1.09. The molecule has 1 atom stereocenters. The van der Waals surface area contributed by atoms with Crippen LogP contribution in [0.5, 0.6) is 0 Å². The van der Waals surface area contributed by atoms with Crippen molar-refractivity contribution in [1.29, 1.82) is 0 Å². The van der Waals surface area contributed by atoms with Crippen molar-refractivity contribution in [1.82, 2.24) is 5.32 Å². The van der Waals surface area contributed by atoms with Crippen molar-refractivity contribution in [3.8, 4) is 0 Å². The second kappa shape index (κ2) is 7.11. The zero-order valence-corrected chi connectivity index (χ0v) is 13.6. The molecule has 0 aliphatic carbocycles. The number of amides is 1. The molecule has 21 heavy (non-hydrogen) atoms. The van der Waals surface area contributed by atoms with Crippen molar-refractivity contribution in [3.63, 3.8) is 0 Å². The maximum atomic E-state index is 12.0. The number of anilines is 2. The summed E-state index contributed by atoms with van der Waals surface area (Å²) in [5, 5.41) is 5.98. The SMILES string of the molecule is CC(C(=O)Nc1ccc(NS(C)(=O)=O)cc1)C1CNC1.Cl. The fraction of sp³-hybridized carbons (Fsp3) is 0.462. The molecule has 8 heteroatoms. The highest BCUT2D eigenvalue weighted by Crippen LogP contribution is 2.19. The quantitative estimate of drug-likeness (QED) is 0.757. The lowest BCUT2D eigenvalue weighted by molar-refractivity contribution is -0.121. The average molecular weight is 334 g/mol. The third-order valence-corrected chi connectivity index (χ3v) is 4.00. The molecule has 1 heterocycles. The fourth-order valence-corrected chi connectivity index (χ4v) is 2.53. The lowest BCUT2D eigenvalue weighted by Crippen LogP contribution is -2.48. The van der Waals surface area contributed by atoms with Gasteiger partial charge in [-0.05, 0) is 43.3 Å². The van der Waals surface area contributed by atoms with E-state index in [1.165, 1.54) is 0 Å². The van der Waals surface area contributed by atoms with Gasteiger partial charge in [-0.3, -0.25) is 9.52 Å². The van der Waals surface area contributed by atoms with E-state index in [0.29, 0.717) is 17.3 Å². The van der Waals surface area contributed by atoms with E-state index in [1.54, 1.807) is 24.3 Å². The van der Waals surface area contributed by atoms with Crippen LogP contribution in [0.15, 0.2) is 24.3 Å². The van der Waals surface area contributed by atoms with Crippen LogP contribution >= 0.6 is 12.4 Å². The predicted octanol–water partition coefficient (Wildman–Crippen LogP) is 1.27. The van der Waals surface area contributed by atoms with Crippen molar-refractivity contribution >= 4 is 39.7 Å². The van der Waals surface area contributed by atoms with Crippen molar-refractivity contribution in [3.05, 3.63) is 24.3 Å². The van der Waals surface area contributed by atoms with E-state index < -0.39 is 10.0 Å². The van der Waals surface area contributed by atoms with Gasteiger partial charge in [0.15, 0.2) is 0 Å². The Hall–Kier alpha value is -1.31. The number of carbonyl (C=O) groups excluding carboxylic acids is 1. The normalized spacial score (nSPS) is 16.3. The van der Waals surface area contributed by atoms with Crippen LogP contribution in [0.4, 0.5) is 11.4 Å². The van der Waals surface area contributed by atoms with Crippen LogP contribution in [0.2, 0.25) is 0 Å². The molecule has 0 spiro atoms. The van der Waals surface area contributed by atoms with Crippen molar-refractivity contribution < 1.29 is 13.2 Å². The molecule has 6 nitrogen and oxygen atoms in total. The number of halogens is 1. The van der Waals surface area contributed by atoms with Gasteiger partial charge in [0, 0.05) is 17.3 Å². The molecule has 1 unspecified atom stereocenters. The molecule has 1 aromatic carbocycles. The topological polar surface area (TPSA) is 87.3 Å². The van der Waals surface area contributed by atoms with Gasteiger partial charge in [-0.2, -0.15) is 0 Å². The molecule has 0 bridgehead atoms. The molecule has 1 fully saturated rings. The smallest absolute Gasteiger partial charge is 0.229 e. The minimum atomic E-state index is -3.28. The highest BCUT2D eigenvalue weighted by atomic mass is 35.5. The minimum absolute atomic E-state index is 0. The summed E-state index contributed by atoms with van der Waals surface area (Å²) < 4.78 is 24.5. The average Bonchev–Trinajstić information content (AvgIpc) is 2.27. The molecular formula is C13H20ClN3O3S. The first-order valence-electron chi connectivity index (χ1n) is 6.44. The van der Waals surface area contributed by atoms with Gasteiger partial charge in [0.05, 0.1) is 6.26 Å². The summed E-state index contributed by atoms with van der Waals surface area (Å²) in [4.78, 5) is 12.0. The van der Waals surface area contributed by atoms with Gasteiger partial charge in [0.25, 0.3) is 0 Å². The van der Waals surface area contributed by atoms with Crippen molar-refractivity contribution in [2.75, 3.05) is 29.4 Å². The summed E-state index contributed by atoms with van der Waals surface area (Å²) in [5.74, 6) is 0.339. The van der Waals surface area contributed by atoms with Crippen LogP contribution in [-0.2, 0) is 14.8 Å². The highest BCUT2D eigenvalue weighted by molar-refractivity contribution is 7.92. The number of hydrogen-bond acceptors (Lipinski definition) is 4. The van der Waals surface area contributed by atoms with Gasteiger partial charge in [0.1, 0.15) is 0 Å². The monoisotopic (exact) mass is 333 g/mol. The number of rotatable bonds is 5. The molecule has 3 N–H and O–H groups in total. The van der Waals surface area contributed by atoms with Crippen LogP contribution in [0.1, 0.15) is 6.92 Å². The first-order chi connectivity index (χ1) is 9.35. The largest absolute Gasteiger partial charge is 0.326 e. The summed E-state index contributed by atoms with van der Waals surface area (Å²) in [7, 11) is -3.28. The molecule has 0 aromatic heterocycles. The number of benzene rings is 1. The van der Waals surface area contributed by atoms with Crippen molar-refractivity contribution in [2.45, 2.75) is 6.92 Å². The standard InChI is InChI=1S/C13H19N3O3S.ClH/c1-9(10-7-14-8-10)13(17)15-11-3-5-12(6-4-11)16-20(2,18)19;/h3-6,9-10,14,16H,7-8H2,1-2H3,(H,15,17);1H. The highest BCUT2D eigenvalue weighted by Gasteiger charge is 2.28. The summed E-state index contributed by atoms with van der Waals surface area (Å²) in [5.41, 5.74) is 1.13. The molecule has 1 aliphatic heterocycles. The molecule has 1 saturated heterocycles. The van der Waals surface area contributed by atoms with E-state index in [1.807, 2.05) is 6.92 Å². The first-order valence-corrected chi connectivity index (χ1v) is 8.34. The Labute approximate surface area is 131 Å². The second-order valence-corrected chi connectivity index (χ2v) is 6.90. The zero-order chi connectivity index (χ0) is 14.8. The van der Waals surface area contributed by atoms with E-state index in [2.05, 4.69) is 15.4 Å². The Morgan fingerprint density at radius 1 is 1.24 bits per heavy atom. The molecule has 0 radical (unpaired) electrons. The van der Waals surface area contributed by atoms with E-state index in [0.717, 1.165) is 19.3 Å². The molecule has 1 amide bonds. The van der Waals surface area contributed by atoms with Crippen LogP contribution in [0, 0.1) is 11.8 Å². The summed E-state index contributed by atoms with van der Waals surface area (Å²) in [6.45, 7) is 3.68. The predicted molar refractivity (Wildman–Crippen MR) is 86.3 cm³/mol. The van der Waals surface area contributed by atoms with Crippen LogP contribution < -0.4 is 15.4 Å². The van der Waals surface area contributed by atoms with Gasteiger partial charge in [0.2, 0.25) is 15.9 Å². The van der Waals surface area contributed by atoms with E-state index in [4.69, 9.17) is 0 Å². The maximum Gasteiger partial charge on any atom is 0.229 e. The molecule has 1 aliphatic rings. The number of nitrogens with one attached hydrogen (secondary N) is 3. The molecule has 2 rings (SSSR count). The fourth-order valence-electron chi connectivity index (χ4n) is 1.97. The maximum absolute atomic E-state index is 12.0. The van der Waals surface area contributed by atoms with Crippen LogP contribution in [0.3, 0.4) is 0 Å². The molecular weight excluding hydrogens is 314 g/mol. The Kier molecular flexibility index (Phi) is 6.00. The summed E-state index contributed by atoms with van der Waals surface area (Å²) in [6, 6.07) is 6.59. The van der Waals surface area contributed by atoms with Crippen LogP contribution in [-0.4, -0.2) is 33.7 Å².